The molecule has 0 spiro atoms. The van der Waals surface area contributed by atoms with Crippen molar-refractivity contribution >= 4 is 45.9 Å². The fourth-order valence-electron chi connectivity index (χ4n) is 5.25. The number of thiophene rings is 1. The van der Waals surface area contributed by atoms with E-state index < -0.39 is 17.7 Å². The normalized spacial score (nSPS) is 18.5. The number of alkyl carbamates (subject to hydrolysis) is 1. The van der Waals surface area contributed by atoms with Gasteiger partial charge in [0, 0.05) is 32.9 Å². The highest BCUT2D eigenvalue weighted by atomic mass is 35.5. The van der Waals surface area contributed by atoms with Crippen LogP contribution in [0.5, 0.6) is 0 Å². The molecule has 1 fully saturated rings. The van der Waals surface area contributed by atoms with Gasteiger partial charge in [-0.2, -0.15) is 0 Å². The van der Waals surface area contributed by atoms with Crippen molar-refractivity contribution in [1.29, 1.82) is 0 Å². The standard InChI is InChI=1S/C30H35ClN2O5S/c1-7-37-27(35)20-15-33(17-8-9-17)23-19(24(20)34)11-10-18(22(23)31)21-14-16-12-13-30(5,6)26(25(16)39-21)32-28(36)38-29(2,3)4/h10-11,14-15,17,26H,7-9,12-13H2,1-6H3,(H,32,36). The molecular weight excluding hydrogens is 536 g/mol. The van der Waals surface area contributed by atoms with Crippen LogP contribution < -0.4 is 10.7 Å². The second-order valence-corrected chi connectivity index (χ2v) is 13.6. The summed E-state index contributed by atoms with van der Waals surface area (Å²) in [6, 6.07) is 5.76. The van der Waals surface area contributed by atoms with E-state index in [1.807, 2.05) is 31.4 Å². The van der Waals surface area contributed by atoms with Crippen molar-refractivity contribution in [2.75, 3.05) is 6.61 Å². The fourth-order valence-corrected chi connectivity index (χ4v) is 7.18. The maximum Gasteiger partial charge on any atom is 0.408 e. The number of aromatic nitrogens is 1. The average molecular weight is 571 g/mol. The number of aryl methyl sites for hydroxylation is 1. The van der Waals surface area contributed by atoms with E-state index in [1.165, 1.54) is 5.56 Å². The maximum absolute atomic E-state index is 13.3. The lowest BCUT2D eigenvalue weighted by molar-refractivity contribution is 0.0445. The molecule has 2 aliphatic carbocycles. The van der Waals surface area contributed by atoms with Crippen LogP contribution in [-0.2, 0) is 15.9 Å². The number of hydrogen-bond donors (Lipinski definition) is 1. The summed E-state index contributed by atoms with van der Waals surface area (Å²) >= 11 is 8.69. The summed E-state index contributed by atoms with van der Waals surface area (Å²) < 4.78 is 12.7. The number of nitrogens with zero attached hydrogens (tertiary/aromatic N) is 1. The van der Waals surface area contributed by atoms with Gasteiger partial charge in [-0.25, -0.2) is 9.59 Å². The lowest BCUT2D eigenvalue weighted by Crippen LogP contribution is -2.42. The molecule has 5 rings (SSSR count). The molecular formula is C30H35ClN2O5S. The zero-order valence-corrected chi connectivity index (χ0v) is 24.8. The molecule has 208 valence electrons. The predicted molar refractivity (Wildman–Crippen MR) is 155 cm³/mol. The summed E-state index contributed by atoms with van der Waals surface area (Å²) in [5.74, 6) is -0.615. The van der Waals surface area contributed by atoms with Crippen LogP contribution in [0.25, 0.3) is 21.3 Å². The van der Waals surface area contributed by atoms with E-state index in [4.69, 9.17) is 21.1 Å². The zero-order chi connectivity index (χ0) is 28.3. The molecule has 1 N–H and O–H groups in total. The van der Waals surface area contributed by atoms with Gasteiger partial charge in [-0.3, -0.25) is 4.79 Å². The van der Waals surface area contributed by atoms with Gasteiger partial charge >= 0.3 is 12.1 Å². The summed E-state index contributed by atoms with van der Waals surface area (Å²) in [6.07, 6.45) is 4.91. The van der Waals surface area contributed by atoms with Crippen molar-refractivity contribution in [3.8, 4) is 10.4 Å². The van der Waals surface area contributed by atoms with Gasteiger partial charge in [0.25, 0.3) is 0 Å². The highest BCUT2D eigenvalue weighted by Gasteiger charge is 2.39. The molecule has 0 bridgehead atoms. The van der Waals surface area contributed by atoms with E-state index in [0.29, 0.717) is 15.9 Å². The van der Waals surface area contributed by atoms with E-state index in [2.05, 4.69) is 25.2 Å². The number of halogens is 1. The molecule has 1 atom stereocenters. The van der Waals surface area contributed by atoms with E-state index in [-0.39, 0.29) is 35.1 Å². The number of esters is 1. The first-order valence-corrected chi connectivity index (χ1v) is 14.7. The maximum atomic E-state index is 13.3. The molecule has 1 aromatic carbocycles. The van der Waals surface area contributed by atoms with Gasteiger partial charge in [0.1, 0.15) is 11.2 Å². The average Bonchev–Trinajstić information content (AvgIpc) is 3.59. The largest absolute Gasteiger partial charge is 0.462 e. The SMILES string of the molecule is CCOC(=O)c1cn(C2CC2)c2c(Cl)c(-c3cc4c(s3)C(NC(=O)OC(C)(C)C)C(C)(C)CC4)ccc2c1=O. The lowest BCUT2D eigenvalue weighted by atomic mass is 9.73. The number of hydrogen-bond acceptors (Lipinski definition) is 6. The minimum Gasteiger partial charge on any atom is -0.462 e. The van der Waals surface area contributed by atoms with Crippen LogP contribution in [0.15, 0.2) is 29.2 Å². The number of amides is 1. The molecule has 0 saturated heterocycles. The van der Waals surface area contributed by atoms with Crippen molar-refractivity contribution < 1.29 is 19.1 Å². The molecule has 7 nitrogen and oxygen atoms in total. The molecule has 3 aromatic rings. The topological polar surface area (TPSA) is 86.6 Å². The first-order chi connectivity index (χ1) is 18.3. The monoisotopic (exact) mass is 570 g/mol. The van der Waals surface area contributed by atoms with Crippen LogP contribution in [0.1, 0.15) is 93.7 Å². The highest BCUT2D eigenvalue weighted by Crippen LogP contribution is 2.50. The molecule has 39 heavy (non-hydrogen) atoms. The van der Waals surface area contributed by atoms with Crippen LogP contribution in [0.4, 0.5) is 4.79 Å². The Kier molecular flexibility index (Phi) is 7.08. The van der Waals surface area contributed by atoms with Crippen molar-refractivity contribution in [1.82, 2.24) is 9.88 Å². The van der Waals surface area contributed by atoms with Gasteiger partial charge < -0.3 is 19.4 Å². The molecule has 1 saturated carbocycles. The van der Waals surface area contributed by atoms with Crippen LogP contribution in [0.3, 0.4) is 0 Å². The Bertz CT molecular complexity index is 1530. The van der Waals surface area contributed by atoms with E-state index >= 15 is 0 Å². The molecule has 2 aliphatic rings. The summed E-state index contributed by atoms with van der Waals surface area (Å²) in [7, 11) is 0. The summed E-state index contributed by atoms with van der Waals surface area (Å²) in [5, 5.41) is 4.02. The number of nitrogens with one attached hydrogen (secondary N) is 1. The summed E-state index contributed by atoms with van der Waals surface area (Å²) in [5.41, 5.74) is 1.57. The number of rotatable bonds is 5. The number of carbonyl (C=O) groups excluding carboxylic acids is 2. The Morgan fingerprint density at radius 2 is 1.95 bits per heavy atom. The van der Waals surface area contributed by atoms with Gasteiger partial charge in [0.2, 0.25) is 5.43 Å². The number of pyridine rings is 1. The third-order valence-electron chi connectivity index (χ3n) is 7.42. The van der Waals surface area contributed by atoms with Crippen LogP contribution in [0, 0.1) is 5.41 Å². The molecule has 9 heteroatoms. The summed E-state index contributed by atoms with van der Waals surface area (Å²) in [4.78, 5) is 40.6. The van der Waals surface area contributed by atoms with Crippen LogP contribution >= 0.6 is 22.9 Å². The fraction of sp³-hybridized carbons (Fsp3) is 0.500. The Hall–Kier alpha value is -2.84. The van der Waals surface area contributed by atoms with Crippen molar-refractivity contribution in [2.24, 2.45) is 5.41 Å². The highest BCUT2D eigenvalue weighted by molar-refractivity contribution is 7.15. The first kappa shape index (κ1) is 27.7. The van der Waals surface area contributed by atoms with Crippen LogP contribution in [0.2, 0.25) is 5.02 Å². The molecule has 2 heterocycles. The number of fused-ring (bicyclic) bond motifs is 2. The second-order valence-electron chi connectivity index (χ2n) is 12.1. The Balaban J connectivity index is 1.59. The van der Waals surface area contributed by atoms with Crippen LogP contribution in [-0.4, -0.2) is 28.8 Å². The molecule has 0 radical (unpaired) electrons. The minimum atomic E-state index is -0.615. The predicted octanol–water partition coefficient (Wildman–Crippen LogP) is 7.43. The number of benzene rings is 1. The minimum absolute atomic E-state index is 0.0324. The van der Waals surface area contributed by atoms with Crippen molar-refractivity contribution in [3.63, 3.8) is 0 Å². The van der Waals surface area contributed by atoms with Crippen molar-refractivity contribution in [2.45, 2.75) is 84.9 Å². The Morgan fingerprint density at radius 1 is 1.23 bits per heavy atom. The molecule has 0 aliphatic heterocycles. The van der Waals surface area contributed by atoms with Gasteiger partial charge in [0.05, 0.1) is 23.2 Å². The number of ether oxygens (including phenoxy) is 2. The van der Waals surface area contributed by atoms with Gasteiger partial charge in [-0.15, -0.1) is 11.3 Å². The Labute approximate surface area is 237 Å². The quantitative estimate of drug-likeness (QED) is 0.322. The Morgan fingerprint density at radius 3 is 2.59 bits per heavy atom. The molecule has 2 aromatic heterocycles. The molecule has 1 unspecified atom stereocenters. The van der Waals surface area contributed by atoms with E-state index in [0.717, 1.165) is 41.0 Å². The van der Waals surface area contributed by atoms with E-state index in [9.17, 15) is 14.4 Å². The van der Waals surface area contributed by atoms with Crippen molar-refractivity contribution in [3.05, 3.63) is 55.6 Å². The number of carbonyl (C=O) groups is 2. The summed E-state index contributed by atoms with van der Waals surface area (Å²) in [6.45, 7) is 11.8. The zero-order valence-electron chi connectivity index (χ0n) is 23.3. The third kappa shape index (κ3) is 5.33. The second kappa shape index (κ2) is 9.97. The smallest absolute Gasteiger partial charge is 0.408 e. The third-order valence-corrected chi connectivity index (χ3v) is 9.08. The van der Waals surface area contributed by atoms with Gasteiger partial charge in [-0.1, -0.05) is 31.5 Å². The first-order valence-electron chi connectivity index (χ1n) is 13.5. The van der Waals surface area contributed by atoms with Gasteiger partial charge in [-0.05, 0) is 76.5 Å². The lowest BCUT2D eigenvalue weighted by Gasteiger charge is -2.39. The molecule has 1 amide bonds. The van der Waals surface area contributed by atoms with Gasteiger partial charge in [0.15, 0.2) is 0 Å². The van der Waals surface area contributed by atoms with E-state index in [1.54, 1.807) is 30.5 Å².